The van der Waals surface area contributed by atoms with Crippen molar-refractivity contribution in [3.63, 3.8) is 0 Å². The fraction of sp³-hybridized carbons (Fsp3) is 0.143. The number of aliphatic hydroxyl groups excluding tert-OH is 1. The number of para-hydroxylation sites is 1. The Morgan fingerprint density at radius 2 is 2.15 bits per heavy atom. The van der Waals surface area contributed by atoms with Crippen LogP contribution in [0, 0.1) is 0 Å². The summed E-state index contributed by atoms with van der Waals surface area (Å²) in [5.41, 5.74) is 2.46. The summed E-state index contributed by atoms with van der Waals surface area (Å²) in [5.74, 6) is -1.06. The monoisotopic (exact) mass is 271 g/mol. The van der Waals surface area contributed by atoms with Gasteiger partial charge in [-0.3, -0.25) is 4.68 Å². The fourth-order valence-corrected chi connectivity index (χ4v) is 2.27. The second-order valence-corrected chi connectivity index (χ2v) is 4.41. The Morgan fingerprint density at radius 1 is 1.35 bits per heavy atom. The summed E-state index contributed by atoms with van der Waals surface area (Å²) in [7, 11) is 0. The summed E-state index contributed by atoms with van der Waals surface area (Å²) in [6.45, 7) is -0.000721. The lowest BCUT2D eigenvalue weighted by Gasteiger charge is -2.00. The fourth-order valence-electron chi connectivity index (χ4n) is 2.27. The van der Waals surface area contributed by atoms with Gasteiger partial charge in [-0.2, -0.15) is 5.10 Å². The molecule has 0 bridgehead atoms. The SMILES string of the molecule is O=C(O)c1cc(-c2c[nH]c3ccccc23)nn1CCO. The molecule has 0 spiro atoms. The molecule has 6 nitrogen and oxygen atoms in total. The molecule has 2 aromatic heterocycles. The van der Waals surface area contributed by atoms with Gasteiger partial charge in [0.15, 0.2) is 0 Å². The minimum atomic E-state index is -1.06. The van der Waals surface area contributed by atoms with Crippen molar-refractivity contribution in [2.24, 2.45) is 0 Å². The standard InChI is InChI=1S/C14H13N3O3/c18-6-5-17-13(14(19)20)7-12(16-17)10-8-15-11-4-2-1-3-9(10)11/h1-4,7-8,15,18H,5-6H2,(H,19,20). The molecular formula is C14H13N3O3. The van der Waals surface area contributed by atoms with Gasteiger partial charge >= 0.3 is 5.97 Å². The number of aromatic nitrogens is 3. The van der Waals surface area contributed by atoms with Gasteiger partial charge in [-0.25, -0.2) is 4.79 Å². The van der Waals surface area contributed by atoms with E-state index in [2.05, 4.69) is 10.1 Å². The molecule has 0 fully saturated rings. The predicted molar refractivity (Wildman–Crippen MR) is 73.6 cm³/mol. The molecule has 0 aliphatic rings. The third-order valence-electron chi connectivity index (χ3n) is 3.18. The number of carbonyl (C=O) groups is 1. The lowest BCUT2D eigenvalue weighted by Crippen LogP contribution is -2.12. The van der Waals surface area contributed by atoms with Gasteiger partial charge < -0.3 is 15.2 Å². The van der Waals surface area contributed by atoms with E-state index in [-0.39, 0.29) is 18.8 Å². The van der Waals surface area contributed by atoms with Gasteiger partial charge in [0.2, 0.25) is 0 Å². The minimum absolute atomic E-state index is 0.0688. The highest BCUT2D eigenvalue weighted by Gasteiger charge is 2.16. The van der Waals surface area contributed by atoms with E-state index in [4.69, 9.17) is 10.2 Å². The summed E-state index contributed by atoms with van der Waals surface area (Å²) >= 11 is 0. The van der Waals surface area contributed by atoms with E-state index in [1.54, 1.807) is 0 Å². The number of aromatic carboxylic acids is 1. The van der Waals surface area contributed by atoms with E-state index in [0.717, 1.165) is 16.5 Å². The molecule has 3 rings (SSSR count). The van der Waals surface area contributed by atoms with Crippen LogP contribution in [0.3, 0.4) is 0 Å². The van der Waals surface area contributed by atoms with Gasteiger partial charge in [-0.05, 0) is 12.1 Å². The molecule has 102 valence electrons. The van der Waals surface area contributed by atoms with Crippen molar-refractivity contribution >= 4 is 16.9 Å². The average molecular weight is 271 g/mol. The lowest BCUT2D eigenvalue weighted by atomic mass is 10.1. The van der Waals surface area contributed by atoms with Crippen LogP contribution in [0.5, 0.6) is 0 Å². The quantitative estimate of drug-likeness (QED) is 0.673. The normalized spacial score (nSPS) is 11.1. The number of benzene rings is 1. The van der Waals surface area contributed by atoms with Crippen LogP contribution in [0.25, 0.3) is 22.2 Å². The summed E-state index contributed by atoms with van der Waals surface area (Å²) in [5, 5.41) is 23.4. The van der Waals surface area contributed by atoms with Gasteiger partial charge in [0.25, 0.3) is 0 Å². The van der Waals surface area contributed by atoms with Crippen molar-refractivity contribution in [2.75, 3.05) is 6.61 Å². The molecule has 0 radical (unpaired) electrons. The molecule has 0 aliphatic heterocycles. The van der Waals surface area contributed by atoms with E-state index < -0.39 is 5.97 Å². The summed E-state index contributed by atoms with van der Waals surface area (Å²) < 4.78 is 1.30. The summed E-state index contributed by atoms with van der Waals surface area (Å²) in [6, 6.07) is 9.26. The zero-order chi connectivity index (χ0) is 14.1. The number of aliphatic hydroxyl groups is 1. The van der Waals surface area contributed by atoms with Crippen LogP contribution >= 0.6 is 0 Å². The maximum absolute atomic E-state index is 11.2. The Labute approximate surface area is 114 Å². The molecule has 2 heterocycles. The molecule has 0 amide bonds. The highest BCUT2D eigenvalue weighted by atomic mass is 16.4. The Hall–Kier alpha value is -2.60. The number of nitrogens with zero attached hydrogens (tertiary/aromatic N) is 2. The van der Waals surface area contributed by atoms with Gasteiger partial charge in [0.1, 0.15) is 5.69 Å². The molecule has 3 N–H and O–H groups in total. The number of carboxylic acid groups (broad SMARTS) is 1. The van der Waals surface area contributed by atoms with E-state index in [1.165, 1.54) is 10.7 Å². The Balaban J connectivity index is 2.14. The van der Waals surface area contributed by atoms with Gasteiger partial charge in [0, 0.05) is 22.7 Å². The lowest BCUT2D eigenvalue weighted by molar-refractivity contribution is 0.0681. The Kier molecular flexibility index (Phi) is 3.00. The third-order valence-corrected chi connectivity index (χ3v) is 3.18. The maximum atomic E-state index is 11.2. The minimum Gasteiger partial charge on any atom is -0.477 e. The highest BCUT2D eigenvalue weighted by molar-refractivity contribution is 5.96. The van der Waals surface area contributed by atoms with Crippen molar-refractivity contribution in [3.8, 4) is 11.3 Å². The zero-order valence-electron chi connectivity index (χ0n) is 10.6. The number of fused-ring (bicyclic) bond motifs is 1. The number of nitrogens with one attached hydrogen (secondary N) is 1. The van der Waals surface area contributed by atoms with Gasteiger partial charge in [0.05, 0.1) is 18.8 Å². The Morgan fingerprint density at radius 3 is 2.90 bits per heavy atom. The summed E-state index contributed by atoms with van der Waals surface area (Å²) in [4.78, 5) is 14.3. The first kappa shape index (κ1) is 12.4. The molecule has 20 heavy (non-hydrogen) atoms. The molecule has 1 aromatic carbocycles. The molecule has 0 atom stereocenters. The molecule has 6 heteroatoms. The number of hydrogen-bond donors (Lipinski definition) is 3. The first-order chi connectivity index (χ1) is 9.70. The van der Waals surface area contributed by atoms with Crippen molar-refractivity contribution < 1.29 is 15.0 Å². The largest absolute Gasteiger partial charge is 0.477 e. The maximum Gasteiger partial charge on any atom is 0.354 e. The van der Waals surface area contributed by atoms with Gasteiger partial charge in [-0.15, -0.1) is 0 Å². The predicted octanol–water partition coefficient (Wildman–Crippen LogP) is 1.72. The third kappa shape index (κ3) is 1.96. The number of H-pyrrole nitrogens is 1. The van der Waals surface area contributed by atoms with Crippen molar-refractivity contribution in [1.29, 1.82) is 0 Å². The zero-order valence-corrected chi connectivity index (χ0v) is 10.6. The van der Waals surface area contributed by atoms with Crippen LogP contribution < -0.4 is 0 Å². The van der Waals surface area contributed by atoms with E-state index in [9.17, 15) is 4.79 Å². The highest BCUT2D eigenvalue weighted by Crippen LogP contribution is 2.28. The van der Waals surface area contributed by atoms with Crippen LogP contribution in [-0.4, -0.2) is 37.6 Å². The van der Waals surface area contributed by atoms with Crippen molar-refractivity contribution in [2.45, 2.75) is 6.54 Å². The topological polar surface area (TPSA) is 91.1 Å². The number of hydrogen-bond acceptors (Lipinski definition) is 3. The van der Waals surface area contributed by atoms with Crippen LogP contribution in [0.4, 0.5) is 0 Å². The number of rotatable bonds is 4. The molecule has 0 aliphatic carbocycles. The average Bonchev–Trinajstić information content (AvgIpc) is 3.02. The van der Waals surface area contributed by atoms with E-state index >= 15 is 0 Å². The van der Waals surface area contributed by atoms with Crippen molar-refractivity contribution in [3.05, 3.63) is 42.2 Å². The van der Waals surface area contributed by atoms with Crippen LogP contribution in [0.1, 0.15) is 10.5 Å². The van der Waals surface area contributed by atoms with Crippen LogP contribution in [-0.2, 0) is 6.54 Å². The molecule has 0 saturated heterocycles. The smallest absolute Gasteiger partial charge is 0.354 e. The number of carboxylic acids is 1. The van der Waals surface area contributed by atoms with Crippen LogP contribution in [0.2, 0.25) is 0 Å². The molecular weight excluding hydrogens is 258 g/mol. The van der Waals surface area contributed by atoms with E-state index in [1.807, 2.05) is 30.5 Å². The second kappa shape index (κ2) is 4.82. The number of aromatic amines is 1. The second-order valence-electron chi connectivity index (χ2n) is 4.41. The molecule has 0 saturated carbocycles. The van der Waals surface area contributed by atoms with E-state index in [0.29, 0.717) is 5.69 Å². The first-order valence-corrected chi connectivity index (χ1v) is 6.19. The molecule has 3 aromatic rings. The molecule has 0 unspecified atom stereocenters. The first-order valence-electron chi connectivity index (χ1n) is 6.19. The van der Waals surface area contributed by atoms with Crippen molar-refractivity contribution in [1.82, 2.24) is 14.8 Å². The van der Waals surface area contributed by atoms with Gasteiger partial charge in [-0.1, -0.05) is 18.2 Å². The van der Waals surface area contributed by atoms with Crippen LogP contribution in [0.15, 0.2) is 36.5 Å². The Bertz CT molecular complexity index is 773. The summed E-state index contributed by atoms with van der Waals surface area (Å²) in [6.07, 6.45) is 1.81.